The normalized spacial score (nSPS) is 14.3. The average molecular weight is 470 g/mol. The van der Waals surface area contributed by atoms with Gasteiger partial charge in [0.2, 0.25) is 5.91 Å². The summed E-state index contributed by atoms with van der Waals surface area (Å²) in [5.41, 5.74) is 1.56. The number of para-hydroxylation sites is 2. The fraction of sp³-hybridized carbons (Fsp3) is 0.208. The van der Waals surface area contributed by atoms with Crippen molar-refractivity contribution in [1.29, 1.82) is 0 Å². The standard InChI is InChI=1S/C24H24ClN3O3S/c25-20-11-13-23(14-12-20)32(30,31)28(22-9-5-2-6-10-22)19-24(29)27-17-15-26(16-18-27)21-7-3-1-4-8-21/h1-14H,15-19H2. The van der Waals surface area contributed by atoms with E-state index in [1.165, 1.54) is 28.6 Å². The van der Waals surface area contributed by atoms with Crippen molar-refractivity contribution in [2.45, 2.75) is 4.90 Å². The summed E-state index contributed by atoms with van der Waals surface area (Å²) in [4.78, 5) is 17.2. The first-order valence-electron chi connectivity index (χ1n) is 10.4. The van der Waals surface area contributed by atoms with Crippen LogP contribution in [0.5, 0.6) is 0 Å². The number of rotatable bonds is 6. The number of carbonyl (C=O) groups excluding carboxylic acids is 1. The number of halogens is 1. The zero-order valence-corrected chi connectivity index (χ0v) is 19.0. The molecule has 0 N–H and O–H groups in total. The monoisotopic (exact) mass is 469 g/mol. The van der Waals surface area contributed by atoms with Crippen LogP contribution < -0.4 is 9.21 Å². The molecule has 1 saturated heterocycles. The molecule has 1 amide bonds. The van der Waals surface area contributed by atoms with Gasteiger partial charge in [-0.25, -0.2) is 8.42 Å². The van der Waals surface area contributed by atoms with E-state index in [1.807, 2.05) is 30.3 Å². The second-order valence-corrected chi connectivity index (χ2v) is 9.80. The molecule has 1 aliphatic rings. The highest BCUT2D eigenvalue weighted by Crippen LogP contribution is 2.25. The minimum atomic E-state index is -3.94. The van der Waals surface area contributed by atoms with E-state index in [9.17, 15) is 13.2 Å². The second-order valence-electron chi connectivity index (χ2n) is 7.50. The maximum Gasteiger partial charge on any atom is 0.264 e. The van der Waals surface area contributed by atoms with Gasteiger partial charge in [-0.3, -0.25) is 9.10 Å². The highest BCUT2D eigenvalue weighted by molar-refractivity contribution is 7.92. The molecule has 0 bridgehead atoms. The molecule has 0 saturated carbocycles. The largest absolute Gasteiger partial charge is 0.368 e. The highest BCUT2D eigenvalue weighted by atomic mass is 35.5. The third-order valence-electron chi connectivity index (χ3n) is 5.48. The molecule has 32 heavy (non-hydrogen) atoms. The summed E-state index contributed by atoms with van der Waals surface area (Å²) in [7, 11) is -3.94. The number of hydrogen-bond donors (Lipinski definition) is 0. The van der Waals surface area contributed by atoms with Gasteiger partial charge in [-0.15, -0.1) is 0 Å². The van der Waals surface area contributed by atoms with Crippen LogP contribution in [0.3, 0.4) is 0 Å². The summed E-state index contributed by atoms with van der Waals surface area (Å²) >= 11 is 5.93. The number of nitrogens with zero attached hydrogens (tertiary/aromatic N) is 3. The lowest BCUT2D eigenvalue weighted by Crippen LogP contribution is -2.52. The number of sulfonamides is 1. The van der Waals surface area contributed by atoms with E-state index >= 15 is 0 Å². The molecule has 6 nitrogen and oxygen atoms in total. The van der Waals surface area contributed by atoms with Crippen molar-refractivity contribution in [3.05, 3.63) is 90.0 Å². The van der Waals surface area contributed by atoms with Crippen molar-refractivity contribution in [3.8, 4) is 0 Å². The van der Waals surface area contributed by atoms with Crippen molar-refractivity contribution < 1.29 is 13.2 Å². The molecule has 0 aliphatic carbocycles. The lowest BCUT2D eigenvalue weighted by molar-refractivity contribution is -0.129. The SMILES string of the molecule is O=C(CN(c1ccccc1)S(=O)(=O)c1ccc(Cl)cc1)N1CCN(c2ccccc2)CC1. The van der Waals surface area contributed by atoms with E-state index in [0.717, 1.165) is 5.69 Å². The predicted octanol–water partition coefficient (Wildman–Crippen LogP) is 3.88. The van der Waals surface area contributed by atoms with E-state index in [1.54, 1.807) is 35.2 Å². The van der Waals surface area contributed by atoms with Gasteiger partial charge in [-0.2, -0.15) is 0 Å². The van der Waals surface area contributed by atoms with Gasteiger partial charge < -0.3 is 9.80 Å². The Morgan fingerprint density at radius 3 is 1.97 bits per heavy atom. The van der Waals surface area contributed by atoms with Crippen LogP contribution >= 0.6 is 11.6 Å². The molecule has 0 unspecified atom stereocenters. The topological polar surface area (TPSA) is 60.9 Å². The van der Waals surface area contributed by atoms with Crippen LogP contribution in [0.4, 0.5) is 11.4 Å². The van der Waals surface area contributed by atoms with Crippen LogP contribution in [0.25, 0.3) is 0 Å². The minimum Gasteiger partial charge on any atom is -0.368 e. The van der Waals surface area contributed by atoms with Gasteiger partial charge in [-0.05, 0) is 48.5 Å². The summed E-state index contributed by atoms with van der Waals surface area (Å²) in [6, 6.07) is 24.7. The molecular weight excluding hydrogens is 446 g/mol. The Morgan fingerprint density at radius 1 is 0.812 bits per heavy atom. The summed E-state index contributed by atoms with van der Waals surface area (Å²) in [6.07, 6.45) is 0. The molecule has 3 aromatic rings. The molecule has 1 aliphatic heterocycles. The van der Waals surface area contributed by atoms with Gasteiger partial charge in [0.15, 0.2) is 0 Å². The first kappa shape index (κ1) is 22.2. The fourth-order valence-electron chi connectivity index (χ4n) is 3.72. The average Bonchev–Trinajstić information content (AvgIpc) is 2.84. The number of piperazine rings is 1. The smallest absolute Gasteiger partial charge is 0.264 e. The van der Waals surface area contributed by atoms with Gasteiger partial charge in [0.1, 0.15) is 6.54 Å². The van der Waals surface area contributed by atoms with Gasteiger partial charge in [0, 0.05) is 36.9 Å². The maximum absolute atomic E-state index is 13.4. The van der Waals surface area contributed by atoms with E-state index in [4.69, 9.17) is 11.6 Å². The minimum absolute atomic E-state index is 0.0902. The van der Waals surface area contributed by atoms with Crippen molar-refractivity contribution in [2.24, 2.45) is 0 Å². The Kier molecular flexibility index (Phi) is 6.67. The van der Waals surface area contributed by atoms with Gasteiger partial charge in [-0.1, -0.05) is 48.0 Å². The van der Waals surface area contributed by atoms with Crippen LogP contribution in [-0.2, 0) is 14.8 Å². The fourth-order valence-corrected chi connectivity index (χ4v) is 5.26. The third-order valence-corrected chi connectivity index (χ3v) is 7.52. The zero-order chi connectivity index (χ0) is 22.6. The first-order chi connectivity index (χ1) is 15.4. The van der Waals surface area contributed by atoms with Crippen molar-refractivity contribution in [2.75, 3.05) is 41.9 Å². The summed E-state index contributed by atoms with van der Waals surface area (Å²) in [6.45, 7) is 2.21. The third kappa shape index (κ3) is 4.89. The number of carbonyl (C=O) groups is 1. The zero-order valence-electron chi connectivity index (χ0n) is 17.5. The van der Waals surface area contributed by atoms with Gasteiger partial charge >= 0.3 is 0 Å². The van der Waals surface area contributed by atoms with Gasteiger partial charge in [0.25, 0.3) is 10.0 Å². The van der Waals surface area contributed by atoms with E-state index in [0.29, 0.717) is 36.9 Å². The van der Waals surface area contributed by atoms with Gasteiger partial charge in [0.05, 0.1) is 10.6 Å². The van der Waals surface area contributed by atoms with E-state index in [-0.39, 0.29) is 17.3 Å². The molecule has 0 aromatic heterocycles. The molecular formula is C24H24ClN3O3S. The van der Waals surface area contributed by atoms with Crippen LogP contribution in [-0.4, -0.2) is 51.9 Å². The molecule has 1 fully saturated rings. The Balaban J connectivity index is 1.52. The van der Waals surface area contributed by atoms with Crippen LogP contribution in [0.2, 0.25) is 5.02 Å². The molecule has 0 spiro atoms. The predicted molar refractivity (Wildman–Crippen MR) is 128 cm³/mol. The van der Waals surface area contributed by atoms with Crippen molar-refractivity contribution >= 4 is 38.9 Å². The lowest BCUT2D eigenvalue weighted by atomic mass is 10.2. The van der Waals surface area contributed by atoms with Crippen LogP contribution in [0, 0.1) is 0 Å². The quantitative estimate of drug-likeness (QED) is 0.549. The second kappa shape index (κ2) is 9.63. The molecule has 166 valence electrons. The van der Waals surface area contributed by atoms with Crippen molar-refractivity contribution in [3.63, 3.8) is 0 Å². The van der Waals surface area contributed by atoms with Crippen LogP contribution in [0.15, 0.2) is 89.8 Å². The molecule has 4 rings (SSSR count). The van der Waals surface area contributed by atoms with E-state index in [2.05, 4.69) is 4.90 Å². The maximum atomic E-state index is 13.4. The van der Waals surface area contributed by atoms with Crippen molar-refractivity contribution in [1.82, 2.24) is 4.90 Å². The number of anilines is 2. The Morgan fingerprint density at radius 2 is 1.38 bits per heavy atom. The highest BCUT2D eigenvalue weighted by Gasteiger charge is 2.30. The molecule has 0 radical (unpaired) electrons. The Labute approximate surface area is 193 Å². The molecule has 1 heterocycles. The van der Waals surface area contributed by atoms with Crippen LogP contribution in [0.1, 0.15) is 0 Å². The Bertz CT molecular complexity index is 1150. The summed E-state index contributed by atoms with van der Waals surface area (Å²) < 4.78 is 28.0. The summed E-state index contributed by atoms with van der Waals surface area (Å²) in [5.74, 6) is -0.223. The lowest BCUT2D eigenvalue weighted by Gasteiger charge is -2.37. The number of hydrogen-bond acceptors (Lipinski definition) is 4. The molecule has 3 aromatic carbocycles. The number of benzene rings is 3. The summed E-state index contributed by atoms with van der Waals surface area (Å²) in [5, 5.41) is 0.447. The number of amides is 1. The molecule has 0 atom stereocenters. The first-order valence-corrected chi connectivity index (χ1v) is 12.2. The van der Waals surface area contributed by atoms with E-state index < -0.39 is 10.0 Å². The Hall–Kier alpha value is -3.03. The molecule has 8 heteroatoms.